The Morgan fingerprint density at radius 3 is 2.88 bits per heavy atom. The van der Waals surface area contributed by atoms with Crippen molar-refractivity contribution < 1.29 is 17.9 Å². The van der Waals surface area contributed by atoms with E-state index in [2.05, 4.69) is 20.2 Å². The van der Waals surface area contributed by atoms with Gasteiger partial charge in [0.2, 0.25) is 0 Å². The van der Waals surface area contributed by atoms with Gasteiger partial charge in [-0.3, -0.25) is 4.99 Å². The lowest BCUT2D eigenvalue weighted by Gasteiger charge is -2.43. The van der Waals surface area contributed by atoms with Gasteiger partial charge in [0.15, 0.2) is 5.82 Å². The van der Waals surface area contributed by atoms with Gasteiger partial charge < -0.3 is 31.0 Å². The molecular weight excluding hydrogens is 437 g/mol. The molecule has 1 aromatic rings. The first kappa shape index (κ1) is 22.8. The van der Waals surface area contributed by atoms with Gasteiger partial charge in [0.05, 0.1) is 24.3 Å². The third-order valence-electron chi connectivity index (χ3n) is 5.63. The molecule has 0 aromatic carbocycles. The van der Waals surface area contributed by atoms with Crippen LogP contribution in [0.4, 0.5) is 19.0 Å². The largest absolute Gasteiger partial charge is 0.404 e. The van der Waals surface area contributed by atoms with E-state index in [1.807, 2.05) is 13.8 Å². The summed E-state index contributed by atoms with van der Waals surface area (Å²) in [5.74, 6) is 1.01. The van der Waals surface area contributed by atoms with Crippen molar-refractivity contribution in [3.05, 3.63) is 48.0 Å². The zero-order valence-corrected chi connectivity index (χ0v) is 18.1. The number of halogens is 3. The second-order valence-corrected chi connectivity index (χ2v) is 8.05. The first-order valence-electron chi connectivity index (χ1n) is 10.4. The van der Waals surface area contributed by atoms with Crippen molar-refractivity contribution in [3.63, 3.8) is 0 Å². The molecule has 9 nitrogen and oxygen atoms in total. The fraction of sp³-hybridized carbons (Fsp3) is 0.429. The number of fused-ring (bicyclic) bond motifs is 1. The molecule has 1 saturated heterocycles. The number of hydrogen-bond donors (Lipinski definition) is 3. The topological polar surface area (TPSA) is 116 Å². The normalized spacial score (nSPS) is 27.6. The molecule has 0 bridgehead atoms. The van der Waals surface area contributed by atoms with Crippen LogP contribution >= 0.6 is 0 Å². The number of alkyl halides is 3. The number of hydrogen-bond acceptors (Lipinski definition) is 9. The van der Waals surface area contributed by atoms with Crippen LogP contribution in [0.1, 0.15) is 26.1 Å². The summed E-state index contributed by atoms with van der Waals surface area (Å²) in [6, 6.07) is 1.61. The number of nitrogens with two attached hydrogens (primary N) is 1. The number of anilines is 1. The molecule has 4 heterocycles. The molecule has 1 fully saturated rings. The molecule has 4 atom stereocenters. The van der Waals surface area contributed by atoms with E-state index in [9.17, 15) is 13.2 Å². The van der Waals surface area contributed by atoms with Crippen LogP contribution in [0.5, 0.6) is 0 Å². The Balaban J connectivity index is 1.61. The van der Waals surface area contributed by atoms with Gasteiger partial charge in [0.1, 0.15) is 23.8 Å². The highest BCUT2D eigenvalue weighted by molar-refractivity contribution is 5.78. The Morgan fingerprint density at radius 2 is 2.18 bits per heavy atom. The molecule has 1 aromatic heterocycles. The number of morpholine rings is 1. The highest BCUT2D eigenvalue weighted by Gasteiger charge is 2.36. The number of aliphatic imine (C=N–C) groups is 1. The minimum absolute atomic E-state index is 0.0873. The van der Waals surface area contributed by atoms with Crippen LogP contribution < -0.4 is 16.0 Å². The van der Waals surface area contributed by atoms with E-state index in [1.165, 1.54) is 24.8 Å². The van der Waals surface area contributed by atoms with E-state index in [1.54, 1.807) is 23.4 Å². The van der Waals surface area contributed by atoms with E-state index in [4.69, 9.17) is 20.9 Å². The zero-order chi connectivity index (χ0) is 23.8. The fourth-order valence-electron chi connectivity index (χ4n) is 4.10. The Labute approximate surface area is 189 Å². The van der Waals surface area contributed by atoms with Crippen LogP contribution in [0, 0.1) is 5.41 Å². The van der Waals surface area contributed by atoms with Crippen molar-refractivity contribution in [1.82, 2.24) is 20.2 Å². The van der Waals surface area contributed by atoms with Gasteiger partial charge in [-0.2, -0.15) is 13.2 Å². The van der Waals surface area contributed by atoms with Gasteiger partial charge in [0.25, 0.3) is 0 Å². The van der Waals surface area contributed by atoms with E-state index >= 15 is 0 Å². The van der Waals surface area contributed by atoms with Crippen LogP contribution in [-0.4, -0.2) is 64.4 Å². The summed E-state index contributed by atoms with van der Waals surface area (Å²) in [5, 5.41) is 10.7. The Hall–Kier alpha value is -3.41. The van der Waals surface area contributed by atoms with Crippen molar-refractivity contribution in [3.8, 4) is 0 Å². The van der Waals surface area contributed by atoms with Crippen LogP contribution in [0.3, 0.4) is 0 Å². The number of rotatable bonds is 5. The quantitative estimate of drug-likeness (QED) is 0.576. The van der Waals surface area contributed by atoms with E-state index in [-0.39, 0.29) is 17.8 Å². The molecule has 176 valence electrons. The molecule has 0 aliphatic carbocycles. The van der Waals surface area contributed by atoms with Gasteiger partial charge in [-0.15, -0.1) is 0 Å². The lowest BCUT2D eigenvalue weighted by Crippen LogP contribution is -2.54. The Kier molecular flexibility index (Phi) is 6.11. The molecule has 4 rings (SSSR count). The molecule has 0 radical (unpaired) electrons. The summed E-state index contributed by atoms with van der Waals surface area (Å²) in [5.41, 5.74) is 6.70. The average Bonchev–Trinajstić information content (AvgIpc) is 3.19. The molecule has 0 spiro atoms. The smallest absolute Gasteiger partial charge is 0.394 e. The monoisotopic (exact) mass is 462 g/mol. The van der Waals surface area contributed by atoms with Gasteiger partial charge in [-0.05, 0) is 19.9 Å². The summed E-state index contributed by atoms with van der Waals surface area (Å²) in [6.45, 7) is 4.46. The molecule has 4 N–H and O–H groups in total. The average molecular weight is 462 g/mol. The number of ether oxygens (including phenoxy) is 1. The van der Waals surface area contributed by atoms with E-state index < -0.39 is 24.9 Å². The van der Waals surface area contributed by atoms with Crippen LogP contribution in [0.25, 0.3) is 5.70 Å². The third-order valence-corrected chi connectivity index (χ3v) is 5.63. The van der Waals surface area contributed by atoms with E-state index in [0.717, 1.165) is 0 Å². The number of allylic oxidation sites excluding steroid dienone is 1. The van der Waals surface area contributed by atoms with Gasteiger partial charge >= 0.3 is 6.18 Å². The number of nitrogens with one attached hydrogen (secondary N) is 2. The second-order valence-electron chi connectivity index (χ2n) is 8.05. The van der Waals surface area contributed by atoms with Crippen LogP contribution in [0.2, 0.25) is 0 Å². The second kappa shape index (κ2) is 8.85. The maximum atomic E-state index is 12.8. The van der Waals surface area contributed by atoms with Crippen molar-refractivity contribution in [2.75, 3.05) is 11.4 Å². The van der Waals surface area contributed by atoms with Crippen LogP contribution in [0.15, 0.2) is 47.1 Å². The molecule has 3 aliphatic rings. The minimum Gasteiger partial charge on any atom is -0.404 e. The molecule has 0 saturated carbocycles. The minimum atomic E-state index is -4.35. The maximum absolute atomic E-state index is 12.8. The lowest BCUT2D eigenvalue weighted by molar-refractivity contribution is -0.127. The van der Waals surface area contributed by atoms with Gasteiger partial charge in [-0.25, -0.2) is 9.97 Å². The predicted octanol–water partition coefficient (Wildman–Crippen LogP) is 2.36. The summed E-state index contributed by atoms with van der Waals surface area (Å²) in [7, 11) is 0. The van der Waals surface area contributed by atoms with Crippen molar-refractivity contribution in [2.45, 2.75) is 50.9 Å². The lowest BCUT2D eigenvalue weighted by atomic mass is 10.0. The Morgan fingerprint density at radius 1 is 1.39 bits per heavy atom. The summed E-state index contributed by atoms with van der Waals surface area (Å²) >= 11 is 0. The van der Waals surface area contributed by atoms with Crippen molar-refractivity contribution in [1.29, 1.82) is 5.41 Å². The highest BCUT2D eigenvalue weighted by Crippen LogP contribution is 2.32. The number of aromatic nitrogens is 2. The van der Waals surface area contributed by atoms with Crippen molar-refractivity contribution in [2.24, 2.45) is 10.7 Å². The SMILES string of the molecule is CC1CN(c2ccnc(C3=CNC4C=NC(CC(F)(F)F)=CN34)n2)C(C)C(/C(C=N)=C/N)O1. The Bertz CT molecular complexity index is 1030. The first-order valence-corrected chi connectivity index (χ1v) is 10.4. The molecule has 12 heteroatoms. The molecule has 0 amide bonds. The highest BCUT2D eigenvalue weighted by atomic mass is 19.4. The zero-order valence-electron chi connectivity index (χ0n) is 18.1. The summed E-state index contributed by atoms with van der Waals surface area (Å²) in [6.07, 6.45) is 2.23. The van der Waals surface area contributed by atoms with Gasteiger partial charge in [-0.1, -0.05) is 0 Å². The van der Waals surface area contributed by atoms with Gasteiger partial charge in [0, 0.05) is 49.3 Å². The summed E-state index contributed by atoms with van der Waals surface area (Å²) < 4.78 is 44.5. The summed E-state index contributed by atoms with van der Waals surface area (Å²) in [4.78, 5) is 16.7. The van der Waals surface area contributed by atoms with Crippen molar-refractivity contribution >= 4 is 23.9 Å². The molecule has 33 heavy (non-hydrogen) atoms. The predicted molar refractivity (Wildman–Crippen MR) is 118 cm³/mol. The van der Waals surface area contributed by atoms with E-state index in [0.29, 0.717) is 29.5 Å². The number of nitrogens with zero attached hydrogens (tertiary/aromatic N) is 5. The first-order chi connectivity index (χ1) is 15.7. The molecular formula is C21H25F3N8O. The fourth-order valence-corrected chi connectivity index (χ4v) is 4.10. The maximum Gasteiger partial charge on any atom is 0.394 e. The standard InChI is InChI=1S/C21H25F3N8O/c1-12-10-31(13(2)19(33-12)14(6-25)7-26)17-3-4-27-20(30-17)16-8-29-18-9-28-15(11-32(16)18)5-21(22,23)24/h3-4,6-9,11-13,18-19,25,29H,5,10,26H2,1-2H3/b14-7+,25-6?. The van der Waals surface area contributed by atoms with Crippen LogP contribution in [-0.2, 0) is 4.74 Å². The molecule has 4 unspecified atom stereocenters. The molecule has 3 aliphatic heterocycles. The third kappa shape index (κ3) is 4.70.